The van der Waals surface area contributed by atoms with Gasteiger partial charge in [-0.25, -0.2) is 17.5 Å². The summed E-state index contributed by atoms with van der Waals surface area (Å²) >= 11 is 0. The lowest BCUT2D eigenvalue weighted by Crippen LogP contribution is -2.37. The lowest BCUT2D eigenvalue weighted by atomic mass is 10.1. The second kappa shape index (κ2) is 7.85. The summed E-state index contributed by atoms with van der Waals surface area (Å²) in [6.07, 6.45) is 0.645. The molecule has 2 aromatic rings. The highest BCUT2D eigenvalue weighted by Crippen LogP contribution is 2.12. The first-order chi connectivity index (χ1) is 11.0. The number of rotatable bonds is 7. The molecule has 0 aliphatic heterocycles. The zero-order valence-electron chi connectivity index (χ0n) is 12.3. The van der Waals surface area contributed by atoms with E-state index in [4.69, 9.17) is 0 Å². The predicted molar refractivity (Wildman–Crippen MR) is 84.7 cm³/mol. The minimum atomic E-state index is -4.05. The number of hydrogen-bond acceptors (Lipinski definition) is 3. The molecule has 7 heteroatoms. The minimum Gasteiger partial charge on any atom is -0.355 e. The molecular weight excluding hydrogens is 319 g/mol. The van der Waals surface area contributed by atoms with Crippen molar-refractivity contribution < 1.29 is 17.6 Å². The van der Waals surface area contributed by atoms with Crippen LogP contribution in [0.15, 0.2) is 59.5 Å². The third kappa shape index (κ3) is 5.15. The Balaban J connectivity index is 1.81. The average molecular weight is 336 g/mol. The van der Waals surface area contributed by atoms with E-state index in [1.165, 1.54) is 12.1 Å². The monoisotopic (exact) mass is 336 g/mol. The first-order valence-electron chi connectivity index (χ1n) is 7.04. The summed E-state index contributed by atoms with van der Waals surface area (Å²) in [5.41, 5.74) is 1.07. The van der Waals surface area contributed by atoms with Gasteiger partial charge in [0, 0.05) is 6.54 Å². The van der Waals surface area contributed by atoms with Crippen LogP contribution in [0.3, 0.4) is 0 Å². The van der Waals surface area contributed by atoms with Gasteiger partial charge in [0.05, 0.1) is 6.54 Å². The molecule has 0 spiro atoms. The quantitative estimate of drug-likeness (QED) is 0.804. The third-order valence-electron chi connectivity index (χ3n) is 3.13. The molecule has 2 N–H and O–H groups in total. The minimum absolute atomic E-state index is 0.393. The van der Waals surface area contributed by atoms with Gasteiger partial charge in [-0.05, 0) is 24.1 Å². The van der Waals surface area contributed by atoms with Gasteiger partial charge in [0.1, 0.15) is 10.7 Å². The molecule has 0 fully saturated rings. The first kappa shape index (κ1) is 17.1. The summed E-state index contributed by atoms with van der Waals surface area (Å²) in [6, 6.07) is 14.6. The van der Waals surface area contributed by atoms with Crippen LogP contribution >= 0.6 is 0 Å². The highest BCUT2D eigenvalue weighted by Gasteiger charge is 2.19. The maximum Gasteiger partial charge on any atom is 0.243 e. The maximum atomic E-state index is 13.5. The molecule has 2 aromatic carbocycles. The second-order valence-corrected chi connectivity index (χ2v) is 6.58. The molecule has 0 radical (unpaired) electrons. The van der Waals surface area contributed by atoms with Gasteiger partial charge in [-0.15, -0.1) is 0 Å². The lowest BCUT2D eigenvalue weighted by Gasteiger charge is -2.08. The van der Waals surface area contributed by atoms with Gasteiger partial charge in [-0.2, -0.15) is 0 Å². The topological polar surface area (TPSA) is 75.3 Å². The molecule has 2 rings (SSSR count). The number of halogens is 1. The smallest absolute Gasteiger partial charge is 0.243 e. The Kier molecular flexibility index (Phi) is 5.84. The molecule has 0 aliphatic rings. The largest absolute Gasteiger partial charge is 0.355 e. The van der Waals surface area contributed by atoms with Crippen LogP contribution in [0.25, 0.3) is 0 Å². The number of carbonyl (C=O) groups excluding carboxylic acids is 1. The fourth-order valence-corrected chi connectivity index (χ4v) is 3.01. The Morgan fingerprint density at radius 3 is 2.35 bits per heavy atom. The number of carbonyl (C=O) groups is 1. The van der Waals surface area contributed by atoms with Gasteiger partial charge in [-0.3, -0.25) is 4.79 Å². The molecule has 0 saturated carbocycles. The van der Waals surface area contributed by atoms with Crippen molar-refractivity contribution in [1.29, 1.82) is 0 Å². The van der Waals surface area contributed by atoms with Crippen LogP contribution in [0.2, 0.25) is 0 Å². The Bertz CT molecular complexity index is 764. The molecule has 5 nitrogen and oxygen atoms in total. The van der Waals surface area contributed by atoms with Crippen LogP contribution in [0.5, 0.6) is 0 Å². The molecule has 23 heavy (non-hydrogen) atoms. The van der Waals surface area contributed by atoms with Crippen LogP contribution in [0, 0.1) is 5.82 Å². The van der Waals surface area contributed by atoms with E-state index >= 15 is 0 Å². The van der Waals surface area contributed by atoms with Gasteiger partial charge in [0.15, 0.2) is 0 Å². The van der Waals surface area contributed by atoms with Crippen LogP contribution < -0.4 is 10.0 Å². The predicted octanol–water partition coefficient (Wildman–Crippen LogP) is 1.46. The van der Waals surface area contributed by atoms with E-state index < -0.39 is 33.2 Å². The van der Waals surface area contributed by atoms with Gasteiger partial charge in [-0.1, -0.05) is 42.5 Å². The summed E-state index contributed by atoms with van der Waals surface area (Å²) in [7, 11) is -4.05. The van der Waals surface area contributed by atoms with Crippen LogP contribution in [-0.4, -0.2) is 27.4 Å². The fourth-order valence-electron chi connectivity index (χ4n) is 1.95. The van der Waals surface area contributed by atoms with E-state index in [0.29, 0.717) is 13.0 Å². The average Bonchev–Trinajstić information content (AvgIpc) is 2.54. The molecule has 0 aromatic heterocycles. The molecule has 0 unspecified atom stereocenters. The molecule has 122 valence electrons. The Morgan fingerprint density at radius 1 is 1.00 bits per heavy atom. The van der Waals surface area contributed by atoms with Crippen molar-refractivity contribution in [3.8, 4) is 0 Å². The van der Waals surface area contributed by atoms with Crippen molar-refractivity contribution in [2.75, 3.05) is 13.1 Å². The maximum absolute atomic E-state index is 13.5. The van der Waals surface area contributed by atoms with Crippen molar-refractivity contribution in [2.24, 2.45) is 0 Å². The molecule has 0 atom stereocenters. The van der Waals surface area contributed by atoms with Gasteiger partial charge in [0.2, 0.25) is 15.9 Å². The highest BCUT2D eigenvalue weighted by molar-refractivity contribution is 7.89. The van der Waals surface area contributed by atoms with Gasteiger partial charge < -0.3 is 5.32 Å². The Labute approximate surface area is 134 Å². The van der Waals surface area contributed by atoms with E-state index in [-0.39, 0.29) is 0 Å². The summed E-state index contributed by atoms with van der Waals surface area (Å²) in [5.74, 6) is -1.33. The zero-order valence-corrected chi connectivity index (χ0v) is 13.1. The lowest BCUT2D eigenvalue weighted by molar-refractivity contribution is -0.119. The SMILES string of the molecule is O=C(CNS(=O)(=O)c1ccccc1F)NCCc1ccccc1. The van der Waals surface area contributed by atoms with Crippen molar-refractivity contribution in [1.82, 2.24) is 10.0 Å². The Hall–Kier alpha value is -2.25. The first-order valence-corrected chi connectivity index (χ1v) is 8.52. The fraction of sp³-hybridized carbons (Fsp3) is 0.188. The molecule has 0 saturated heterocycles. The van der Waals surface area contributed by atoms with Crippen LogP contribution in [-0.2, 0) is 21.2 Å². The molecule has 1 amide bonds. The van der Waals surface area contributed by atoms with Gasteiger partial charge >= 0.3 is 0 Å². The number of amides is 1. The van der Waals surface area contributed by atoms with E-state index in [0.717, 1.165) is 17.7 Å². The molecule has 0 bridgehead atoms. The summed E-state index contributed by atoms with van der Waals surface area (Å²) in [6.45, 7) is -0.0459. The van der Waals surface area contributed by atoms with Crippen LogP contribution in [0.1, 0.15) is 5.56 Å². The summed E-state index contributed by atoms with van der Waals surface area (Å²) in [5, 5.41) is 2.61. The Morgan fingerprint density at radius 2 is 1.65 bits per heavy atom. The van der Waals surface area contributed by atoms with Crippen molar-refractivity contribution in [3.63, 3.8) is 0 Å². The van der Waals surface area contributed by atoms with Crippen molar-refractivity contribution >= 4 is 15.9 Å². The van der Waals surface area contributed by atoms with E-state index in [9.17, 15) is 17.6 Å². The standard InChI is InChI=1S/C16H17FN2O3S/c17-14-8-4-5-9-15(14)23(21,22)19-12-16(20)18-11-10-13-6-2-1-3-7-13/h1-9,19H,10-12H2,(H,18,20). The molecule has 0 heterocycles. The van der Waals surface area contributed by atoms with Crippen LogP contribution in [0.4, 0.5) is 4.39 Å². The van der Waals surface area contributed by atoms with Crippen molar-refractivity contribution in [3.05, 3.63) is 66.0 Å². The molecule has 0 aliphatic carbocycles. The van der Waals surface area contributed by atoms with Crippen molar-refractivity contribution in [2.45, 2.75) is 11.3 Å². The third-order valence-corrected chi connectivity index (χ3v) is 4.56. The number of sulfonamides is 1. The highest BCUT2D eigenvalue weighted by atomic mass is 32.2. The summed E-state index contributed by atoms with van der Waals surface area (Å²) < 4.78 is 39.4. The number of hydrogen-bond donors (Lipinski definition) is 2. The van der Waals surface area contributed by atoms with E-state index in [1.807, 2.05) is 30.3 Å². The van der Waals surface area contributed by atoms with E-state index in [2.05, 4.69) is 10.0 Å². The molecular formula is C16H17FN2O3S. The zero-order chi connectivity index (χ0) is 16.7. The second-order valence-electron chi connectivity index (χ2n) is 4.84. The number of nitrogens with one attached hydrogen (secondary N) is 2. The number of benzene rings is 2. The van der Waals surface area contributed by atoms with Gasteiger partial charge in [0.25, 0.3) is 0 Å². The summed E-state index contributed by atoms with van der Waals surface area (Å²) in [4.78, 5) is 11.2. The van der Waals surface area contributed by atoms with E-state index in [1.54, 1.807) is 0 Å². The normalized spacial score (nSPS) is 11.2.